The van der Waals surface area contributed by atoms with E-state index >= 15 is 0 Å². The molecule has 0 aliphatic heterocycles. The molecule has 0 saturated heterocycles. The number of amides is 1. The molecular weight excluding hydrogens is 464 g/mol. The summed E-state index contributed by atoms with van der Waals surface area (Å²) in [7, 11) is 0. The molecule has 0 saturated carbocycles. The minimum atomic E-state index is -0.452. The summed E-state index contributed by atoms with van der Waals surface area (Å²) in [4.78, 5) is 12.6. The lowest BCUT2D eigenvalue weighted by Crippen LogP contribution is -2.13. The first-order valence-corrected chi connectivity index (χ1v) is 11.2. The number of nitriles is 1. The fourth-order valence-electron chi connectivity index (χ4n) is 3.53. The third kappa shape index (κ3) is 6.32. The van der Waals surface area contributed by atoms with Crippen LogP contribution < -0.4 is 10.1 Å². The van der Waals surface area contributed by atoms with Crippen LogP contribution in [0.3, 0.4) is 0 Å². The molecule has 0 spiro atoms. The Morgan fingerprint density at radius 2 is 1.75 bits per heavy atom. The molecule has 0 aromatic heterocycles. The Morgan fingerprint density at radius 3 is 2.38 bits per heavy atom. The summed E-state index contributed by atoms with van der Waals surface area (Å²) in [6, 6.07) is 21.5. The van der Waals surface area contributed by atoms with Crippen LogP contribution in [0.1, 0.15) is 34.7 Å². The third-order valence-electron chi connectivity index (χ3n) is 4.85. The maximum Gasteiger partial charge on any atom is 0.266 e. The molecule has 0 bridgehead atoms. The Kier molecular flexibility index (Phi) is 7.86. The van der Waals surface area contributed by atoms with Gasteiger partial charge in [-0.3, -0.25) is 4.79 Å². The Morgan fingerprint density at radius 1 is 1.06 bits per heavy atom. The molecule has 0 aliphatic rings. The molecule has 32 heavy (non-hydrogen) atoms. The number of ether oxygens (including phenoxy) is 1. The highest BCUT2D eigenvalue weighted by atomic mass is 79.9. The SMILES string of the molecule is CCOc1cc(/C=C(\C#N)C(=O)Nc2ccc(Br)cc2)ccc1Cc1cc(C)cc(C)c1. The van der Waals surface area contributed by atoms with Gasteiger partial charge in [-0.15, -0.1) is 0 Å². The van der Waals surface area contributed by atoms with Crippen LogP contribution in [0.5, 0.6) is 5.75 Å². The first-order chi connectivity index (χ1) is 15.4. The molecule has 5 heteroatoms. The minimum absolute atomic E-state index is 0.0254. The summed E-state index contributed by atoms with van der Waals surface area (Å²) in [6.07, 6.45) is 2.33. The second kappa shape index (κ2) is 10.8. The Balaban J connectivity index is 1.85. The average Bonchev–Trinajstić information content (AvgIpc) is 2.74. The molecule has 0 aliphatic carbocycles. The second-order valence-corrected chi connectivity index (χ2v) is 8.52. The van der Waals surface area contributed by atoms with Crippen molar-refractivity contribution in [1.82, 2.24) is 0 Å². The van der Waals surface area contributed by atoms with Gasteiger partial charge in [0, 0.05) is 16.6 Å². The van der Waals surface area contributed by atoms with E-state index in [-0.39, 0.29) is 5.57 Å². The van der Waals surface area contributed by atoms with Crippen LogP contribution in [0.15, 0.2) is 70.7 Å². The fraction of sp³-hybridized carbons (Fsp3) is 0.185. The number of rotatable bonds is 7. The van der Waals surface area contributed by atoms with Gasteiger partial charge >= 0.3 is 0 Å². The van der Waals surface area contributed by atoms with Crippen molar-refractivity contribution in [3.63, 3.8) is 0 Å². The number of halogens is 1. The number of hydrogen-bond acceptors (Lipinski definition) is 3. The number of carbonyl (C=O) groups is 1. The van der Waals surface area contributed by atoms with Crippen LogP contribution in [0.25, 0.3) is 6.08 Å². The summed E-state index contributed by atoms with van der Waals surface area (Å²) < 4.78 is 6.79. The van der Waals surface area contributed by atoms with E-state index in [4.69, 9.17) is 4.74 Å². The number of carbonyl (C=O) groups excluding carboxylic acids is 1. The predicted molar refractivity (Wildman–Crippen MR) is 133 cm³/mol. The van der Waals surface area contributed by atoms with E-state index in [1.165, 1.54) is 16.7 Å². The summed E-state index contributed by atoms with van der Waals surface area (Å²) in [5, 5.41) is 12.3. The standard InChI is InChI=1S/C27H25BrN2O2/c1-4-32-26-16-20(5-6-22(26)15-21-12-18(2)11-19(3)13-21)14-23(17-29)27(31)30-25-9-7-24(28)8-10-25/h5-14,16H,4,15H2,1-3H3,(H,30,31)/b23-14+. The van der Waals surface area contributed by atoms with Crippen molar-refractivity contribution < 1.29 is 9.53 Å². The van der Waals surface area contributed by atoms with E-state index in [0.717, 1.165) is 27.8 Å². The lowest BCUT2D eigenvalue weighted by atomic mass is 9.98. The normalized spacial score (nSPS) is 11.0. The summed E-state index contributed by atoms with van der Waals surface area (Å²) in [5.41, 5.74) is 6.13. The van der Waals surface area contributed by atoms with Gasteiger partial charge in [-0.1, -0.05) is 57.4 Å². The van der Waals surface area contributed by atoms with Crippen LogP contribution in [-0.2, 0) is 11.2 Å². The van der Waals surface area contributed by atoms with Gasteiger partial charge in [0.25, 0.3) is 5.91 Å². The number of benzene rings is 3. The minimum Gasteiger partial charge on any atom is -0.494 e. The van der Waals surface area contributed by atoms with E-state index in [0.29, 0.717) is 12.3 Å². The van der Waals surface area contributed by atoms with Crippen molar-refractivity contribution >= 4 is 33.6 Å². The molecule has 3 rings (SSSR count). The van der Waals surface area contributed by atoms with E-state index < -0.39 is 5.91 Å². The third-order valence-corrected chi connectivity index (χ3v) is 5.37. The zero-order chi connectivity index (χ0) is 23.1. The molecule has 0 heterocycles. The van der Waals surface area contributed by atoms with Crippen LogP contribution in [0.4, 0.5) is 5.69 Å². The maximum absolute atomic E-state index is 12.6. The summed E-state index contributed by atoms with van der Waals surface area (Å²) >= 11 is 3.36. The van der Waals surface area contributed by atoms with Crippen LogP contribution >= 0.6 is 15.9 Å². The Hall–Kier alpha value is -3.36. The van der Waals surface area contributed by atoms with Gasteiger partial charge in [-0.25, -0.2) is 0 Å². The van der Waals surface area contributed by atoms with Crippen LogP contribution in [0, 0.1) is 25.2 Å². The maximum atomic E-state index is 12.6. The molecule has 0 atom stereocenters. The van der Waals surface area contributed by atoms with E-state index in [9.17, 15) is 10.1 Å². The Labute approximate surface area is 197 Å². The van der Waals surface area contributed by atoms with Crippen LogP contribution in [-0.4, -0.2) is 12.5 Å². The largest absolute Gasteiger partial charge is 0.494 e. The molecule has 0 fully saturated rings. The van der Waals surface area contributed by atoms with E-state index in [1.807, 2.05) is 43.3 Å². The van der Waals surface area contributed by atoms with Crippen molar-refractivity contribution in [3.8, 4) is 11.8 Å². The topological polar surface area (TPSA) is 62.1 Å². The van der Waals surface area contributed by atoms with Gasteiger partial charge in [0.2, 0.25) is 0 Å². The molecule has 3 aromatic carbocycles. The number of nitrogens with zero attached hydrogens (tertiary/aromatic N) is 1. The van der Waals surface area contributed by atoms with Crippen molar-refractivity contribution in [2.45, 2.75) is 27.2 Å². The van der Waals surface area contributed by atoms with Crippen molar-refractivity contribution in [1.29, 1.82) is 5.26 Å². The van der Waals surface area contributed by atoms with Gasteiger partial charge < -0.3 is 10.1 Å². The molecule has 1 amide bonds. The molecule has 1 N–H and O–H groups in total. The monoisotopic (exact) mass is 488 g/mol. The quantitative estimate of drug-likeness (QED) is 0.300. The van der Waals surface area contributed by atoms with Gasteiger partial charge in [0.1, 0.15) is 17.4 Å². The number of nitrogens with one attached hydrogen (secondary N) is 1. The molecule has 0 unspecified atom stereocenters. The van der Waals surface area contributed by atoms with Gasteiger partial charge in [-0.2, -0.15) is 5.26 Å². The zero-order valence-corrected chi connectivity index (χ0v) is 20.0. The second-order valence-electron chi connectivity index (χ2n) is 7.60. The van der Waals surface area contributed by atoms with E-state index in [2.05, 4.69) is 53.3 Å². The summed E-state index contributed by atoms with van der Waals surface area (Å²) in [5.74, 6) is 0.304. The number of aryl methyl sites for hydroxylation is 2. The molecule has 162 valence electrons. The molecular formula is C27H25BrN2O2. The Bertz CT molecular complexity index is 1170. The van der Waals surface area contributed by atoms with Gasteiger partial charge in [-0.05, 0) is 73.9 Å². The number of anilines is 1. The van der Waals surface area contributed by atoms with Crippen molar-refractivity contribution in [2.75, 3.05) is 11.9 Å². The van der Waals surface area contributed by atoms with Gasteiger partial charge in [0.05, 0.1) is 6.61 Å². The fourth-order valence-corrected chi connectivity index (χ4v) is 3.80. The highest BCUT2D eigenvalue weighted by Gasteiger charge is 2.12. The van der Waals surface area contributed by atoms with Crippen molar-refractivity contribution in [2.24, 2.45) is 0 Å². The van der Waals surface area contributed by atoms with Crippen molar-refractivity contribution in [3.05, 3.63) is 98.5 Å². The van der Waals surface area contributed by atoms with Gasteiger partial charge in [0.15, 0.2) is 0 Å². The predicted octanol–water partition coefficient (Wildman–Crippen LogP) is 6.60. The van der Waals surface area contributed by atoms with Crippen LogP contribution in [0.2, 0.25) is 0 Å². The average molecular weight is 489 g/mol. The molecule has 3 aromatic rings. The lowest BCUT2D eigenvalue weighted by Gasteiger charge is -2.13. The first kappa shape index (κ1) is 23.3. The smallest absolute Gasteiger partial charge is 0.266 e. The highest BCUT2D eigenvalue weighted by Crippen LogP contribution is 2.26. The molecule has 4 nitrogen and oxygen atoms in total. The summed E-state index contributed by atoms with van der Waals surface area (Å²) in [6.45, 7) is 6.66. The highest BCUT2D eigenvalue weighted by molar-refractivity contribution is 9.10. The molecule has 0 radical (unpaired) electrons. The number of hydrogen-bond donors (Lipinski definition) is 1. The zero-order valence-electron chi connectivity index (χ0n) is 18.4. The lowest BCUT2D eigenvalue weighted by molar-refractivity contribution is -0.112. The van der Waals surface area contributed by atoms with E-state index in [1.54, 1.807) is 18.2 Å². The first-order valence-electron chi connectivity index (χ1n) is 10.4.